The van der Waals surface area contributed by atoms with Crippen LogP contribution in [0.1, 0.15) is 48.4 Å². The number of nitrogens with one attached hydrogen (secondary N) is 1. The minimum absolute atomic E-state index is 0.00718. The predicted molar refractivity (Wildman–Crippen MR) is 75.7 cm³/mol. The van der Waals surface area contributed by atoms with E-state index in [1.165, 1.54) is 0 Å². The SMILES string of the molecule is CCC(CC)(NC(=O)c1cc(C)nnc1C)/C(N)=N/O. The smallest absolute Gasteiger partial charge is 0.254 e. The van der Waals surface area contributed by atoms with E-state index >= 15 is 0 Å². The average molecular weight is 279 g/mol. The fraction of sp³-hybridized carbons (Fsp3) is 0.538. The molecule has 1 amide bonds. The third-order valence-electron chi connectivity index (χ3n) is 3.50. The van der Waals surface area contributed by atoms with Gasteiger partial charge in [-0.2, -0.15) is 10.2 Å². The van der Waals surface area contributed by atoms with Crippen LogP contribution in [0.25, 0.3) is 0 Å². The molecule has 0 unspecified atom stereocenters. The summed E-state index contributed by atoms with van der Waals surface area (Å²) in [5, 5.41) is 22.6. The predicted octanol–water partition coefficient (Wildman–Crippen LogP) is 1.13. The van der Waals surface area contributed by atoms with Gasteiger partial charge in [0.25, 0.3) is 5.91 Å². The standard InChI is InChI=1S/C13H21N5O2/c1-5-13(6-2,12(14)18-20)15-11(19)10-7-8(3)16-17-9(10)4/h7,20H,5-6H2,1-4H3,(H2,14,18)(H,15,19). The molecule has 7 heteroatoms. The first-order chi connectivity index (χ1) is 9.40. The summed E-state index contributed by atoms with van der Waals surface area (Å²) in [6.45, 7) is 7.21. The van der Waals surface area contributed by atoms with Gasteiger partial charge in [-0.25, -0.2) is 0 Å². The Labute approximate surface area is 118 Å². The lowest BCUT2D eigenvalue weighted by atomic mass is 9.91. The summed E-state index contributed by atoms with van der Waals surface area (Å²) in [6.07, 6.45) is 1.03. The molecule has 4 N–H and O–H groups in total. The molecular formula is C13H21N5O2. The number of oxime groups is 1. The van der Waals surface area contributed by atoms with Gasteiger partial charge < -0.3 is 16.3 Å². The van der Waals surface area contributed by atoms with Crippen LogP contribution in [0.15, 0.2) is 11.2 Å². The van der Waals surface area contributed by atoms with E-state index in [1.54, 1.807) is 19.9 Å². The van der Waals surface area contributed by atoms with E-state index in [-0.39, 0.29) is 11.7 Å². The van der Waals surface area contributed by atoms with Gasteiger partial charge >= 0.3 is 0 Å². The zero-order chi connectivity index (χ0) is 15.3. The first-order valence-electron chi connectivity index (χ1n) is 6.51. The zero-order valence-electron chi connectivity index (χ0n) is 12.3. The first kappa shape index (κ1) is 15.9. The molecule has 0 bridgehead atoms. The van der Waals surface area contributed by atoms with Crippen molar-refractivity contribution in [3.63, 3.8) is 0 Å². The number of carbonyl (C=O) groups is 1. The maximum atomic E-state index is 12.4. The Kier molecular flexibility index (Phi) is 5.01. The van der Waals surface area contributed by atoms with Crippen LogP contribution >= 0.6 is 0 Å². The Morgan fingerprint density at radius 1 is 1.40 bits per heavy atom. The molecule has 0 saturated heterocycles. The number of hydrogen-bond acceptors (Lipinski definition) is 5. The second-order valence-corrected chi connectivity index (χ2v) is 4.71. The topological polar surface area (TPSA) is 113 Å². The Hall–Kier alpha value is -2.18. The normalized spacial score (nSPS) is 12.3. The second kappa shape index (κ2) is 6.31. The zero-order valence-corrected chi connectivity index (χ0v) is 12.3. The number of nitrogens with zero attached hydrogens (tertiary/aromatic N) is 3. The van der Waals surface area contributed by atoms with Crippen LogP contribution in [-0.2, 0) is 0 Å². The lowest BCUT2D eigenvalue weighted by Gasteiger charge is -2.31. The number of aryl methyl sites for hydroxylation is 2. The van der Waals surface area contributed by atoms with Gasteiger partial charge in [0.15, 0.2) is 5.84 Å². The van der Waals surface area contributed by atoms with Crippen molar-refractivity contribution in [3.05, 3.63) is 23.0 Å². The van der Waals surface area contributed by atoms with Crippen LogP contribution in [0, 0.1) is 13.8 Å². The molecule has 0 radical (unpaired) electrons. The number of hydrogen-bond donors (Lipinski definition) is 3. The van der Waals surface area contributed by atoms with Gasteiger partial charge in [-0.05, 0) is 32.8 Å². The second-order valence-electron chi connectivity index (χ2n) is 4.71. The molecule has 7 nitrogen and oxygen atoms in total. The van der Waals surface area contributed by atoms with Gasteiger partial charge in [-0.15, -0.1) is 0 Å². The molecule has 0 aromatic carbocycles. The average Bonchev–Trinajstić information content (AvgIpc) is 2.46. The van der Waals surface area contributed by atoms with E-state index in [1.807, 2.05) is 13.8 Å². The lowest BCUT2D eigenvalue weighted by molar-refractivity contribution is 0.0916. The van der Waals surface area contributed by atoms with Gasteiger partial charge in [0.2, 0.25) is 0 Å². The first-order valence-corrected chi connectivity index (χ1v) is 6.51. The molecule has 0 aliphatic carbocycles. The highest BCUT2D eigenvalue weighted by atomic mass is 16.4. The maximum absolute atomic E-state index is 12.4. The van der Waals surface area contributed by atoms with Gasteiger partial charge in [-0.3, -0.25) is 4.79 Å². The molecule has 0 atom stereocenters. The van der Waals surface area contributed by atoms with E-state index in [2.05, 4.69) is 20.7 Å². The molecule has 1 rings (SSSR count). The number of amides is 1. The van der Waals surface area contributed by atoms with Crippen LogP contribution in [-0.4, -0.2) is 32.7 Å². The van der Waals surface area contributed by atoms with Crippen LogP contribution in [0.4, 0.5) is 0 Å². The van der Waals surface area contributed by atoms with Crippen molar-refractivity contribution in [3.8, 4) is 0 Å². The van der Waals surface area contributed by atoms with E-state index in [4.69, 9.17) is 10.9 Å². The van der Waals surface area contributed by atoms with Gasteiger partial charge in [0.05, 0.1) is 17.0 Å². The van der Waals surface area contributed by atoms with Gasteiger partial charge in [0.1, 0.15) is 5.54 Å². The summed E-state index contributed by atoms with van der Waals surface area (Å²) < 4.78 is 0. The molecule has 110 valence electrons. The molecule has 0 fully saturated rings. The summed E-state index contributed by atoms with van der Waals surface area (Å²) >= 11 is 0. The van der Waals surface area contributed by atoms with Crippen LogP contribution < -0.4 is 11.1 Å². The molecule has 0 saturated carbocycles. The van der Waals surface area contributed by atoms with Crippen molar-refractivity contribution in [2.75, 3.05) is 0 Å². The van der Waals surface area contributed by atoms with Crippen molar-refractivity contribution >= 4 is 11.7 Å². The molecule has 0 spiro atoms. The van der Waals surface area contributed by atoms with Crippen LogP contribution in [0.3, 0.4) is 0 Å². The molecule has 1 aromatic heterocycles. The van der Waals surface area contributed by atoms with E-state index in [0.717, 1.165) is 0 Å². The lowest BCUT2D eigenvalue weighted by Crippen LogP contribution is -2.57. The summed E-state index contributed by atoms with van der Waals surface area (Å²) in [6, 6.07) is 1.67. The summed E-state index contributed by atoms with van der Waals surface area (Å²) in [4.78, 5) is 12.4. The minimum Gasteiger partial charge on any atom is -0.409 e. The summed E-state index contributed by atoms with van der Waals surface area (Å²) in [5.41, 5.74) is 6.49. The third-order valence-corrected chi connectivity index (χ3v) is 3.50. The van der Waals surface area contributed by atoms with Crippen molar-refractivity contribution in [1.29, 1.82) is 0 Å². The van der Waals surface area contributed by atoms with Crippen LogP contribution in [0.2, 0.25) is 0 Å². The number of nitrogens with two attached hydrogens (primary N) is 1. The minimum atomic E-state index is -0.866. The highest BCUT2D eigenvalue weighted by Crippen LogP contribution is 2.17. The monoisotopic (exact) mass is 279 g/mol. The Morgan fingerprint density at radius 3 is 2.50 bits per heavy atom. The molecular weight excluding hydrogens is 258 g/mol. The highest BCUT2D eigenvalue weighted by Gasteiger charge is 2.34. The number of carbonyl (C=O) groups excluding carboxylic acids is 1. The molecule has 0 aliphatic heterocycles. The highest BCUT2D eigenvalue weighted by molar-refractivity contribution is 6.00. The Bertz CT molecular complexity index is 523. The van der Waals surface area contributed by atoms with Crippen molar-refractivity contribution in [2.45, 2.75) is 46.1 Å². The fourth-order valence-electron chi connectivity index (χ4n) is 2.01. The van der Waals surface area contributed by atoms with Crippen molar-refractivity contribution in [2.24, 2.45) is 10.9 Å². The number of aromatic nitrogens is 2. The van der Waals surface area contributed by atoms with E-state index < -0.39 is 5.54 Å². The quantitative estimate of drug-likeness (QED) is 0.323. The van der Waals surface area contributed by atoms with Crippen molar-refractivity contribution in [1.82, 2.24) is 15.5 Å². The third kappa shape index (κ3) is 3.04. The van der Waals surface area contributed by atoms with Crippen LogP contribution in [0.5, 0.6) is 0 Å². The molecule has 20 heavy (non-hydrogen) atoms. The molecule has 1 heterocycles. The Morgan fingerprint density at radius 2 is 2.00 bits per heavy atom. The number of amidine groups is 1. The van der Waals surface area contributed by atoms with Crippen molar-refractivity contribution < 1.29 is 10.0 Å². The fourth-order valence-corrected chi connectivity index (χ4v) is 2.01. The maximum Gasteiger partial charge on any atom is 0.254 e. The van der Waals surface area contributed by atoms with Gasteiger partial charge in [-0.1, -0.05) is 19.0 Å². The number of rotatable bonds is 5. The van der Waals surface area contributed by atoms with E-state index in [9.17, 15) is 4.79 Å². The molecule has 0 aliphatic rings. The summed E-state index contributed by atoms with van der Waals surface area (Å²) in [7, 11) is 0. The summed E-state index contributed by atoms with van der Waals surface area (Å²) in [5.74, 6) is -0.317. The van der Waals surface area contributed by atoms with E-state index in [0.29, 0.717) is 29.8 Å². The van der Waals surface area contributed by atoms with Gasteiger partial charge in [0, 0.05) is 0 Å². The Balaban J connectivity index is 3.12. The largest absolute Gasteiger partial charge is 0.409 e. The molecule has 1 aromatic rings.